The van der Waals surface area contributed by atoms with Crippen LogP contribution in [0.3, 0.4) is 0 Å². The lowest BCUT2D eigenvalue weighted by atomic mass is 10.3. The first-order chi connectivity index (χ1) is 6.62. The first kappa shape index (κ1) is 9.54. The van der Waals surface area contributed by atoms with Crippen LogP contribution in [0.2, 0.25) is 0 Å². The van der Waals surface area contributed by atoms with Crippen molar-refractivity contribution in [2.75, 3.05) is 0 Å². The summed E-state index contributed by atoms with van der Waals surface area (Å²) in [7, 11) is -3.43. The van der Waals surface area contributed by atoms with Gasteiger partial charge < -0.3 is 0 Å². The number of hydrogen-bond donors (Lipinski definition) is 0. The van der Waals surface area contributed by atoms with Gasteiger partial charge in [-0.25, -0.2) is 13.4 Å². The second-order valence-corrected chi connectivity index (χ2v) is 5.73. The van der Waals surface area contributed by atoms with Gasteiger partial charge in [-0.2, -0.15) is 0 Å². The van der Waals surface area contributed by atoms with Crippen LogP contribution in [0, 0.1) is 0 Å². The average molecular weight is 273 g/mol. The minimum absolute atomic E-state index is 0.0520. The van der Waals surface area contributed by atoms with Crippen molar-refractivity contribution >= 4 is 34.6 Å². The molecular weight excluding hydrogens is 268 g/mol. The Bertz CT molecular complexity index is 520. The van der Waals surface area contributed by atoms with Crippen molar-refractivity contribution in [2.45, 2.75) is 0 Å². The van der Waals surface area contributed by atoms with Gasteiger partial charge in [0.05, 0.1) is 0 Å². The van der Waals surface area contributed by atoms with Crippen molar-refractivity contribution in [1.29, 1.82) is 0 Å². The van der Waals surface area contributed by atoms with E-state index in [-0.39, 0.29) is 8.86 Å². The maximum atomic E-state index is 11.6. The van der Waals surface area contributed by atoms with Crippen molar-refractivity contribution in [3.8, 4) is 0 Å². The van der Waals surface area contributed by atoms with Gasteiger partial charge in [-0.05, 0) is 22.0 Å². The van der Waals surface area contributed by atoms with Crippen LogP contribution < -0.4 is 0 Å². The van der Waals surface area contributed by atoms with E-state index in [1.165, 1.54) is 12.4 Å². The van der Waals surface area contributed by atoms with Gasteiger partial charge in [-0.1, -0.05) is 6.07 Å². The van der Waals surface area contributed by atoms with Crippen molar-refractivity contribution in [3.63, 3.8) is 0 Å². The predicted octanol–water partition coefficient (Wildman–Crippen LogP) is 1.56. The van der Waals surface area contributed by atoms with E-state index in [2.05, 4.69) is 25.9 Å². The first-order valence-electron chi connectivity index (χ1n) is 3.71. The quantitative estimate of drug-likeness (QED) is 0.780. The highest BCUT2D eigenvalue weighted by atomic mass is 79.9. The fraction of sp³-hybridized carbons (Fsp3) is 0. The van der Waals surface area contributed by atoms with Crippen molar-refractivity contribution < 1.29 is 8.42 Å². The topological polar surface area (TPSA) is 59.4 Å². The summed E-state index contributed by atoms with van der Waals surface area (Å²) in [6.07, 6.45) is 4.39. The number of aliphatic imine (C=N–C) groups is 1. The fourth-order valence-electron chi connectivity index (χ4n) is 1.08. The molecule has 0 spiro atoms. The number of rotatable bonds is 1. The Kier molecular flexibility index (Phi) is 2.24. The number of halogens is 1. The number of sulfone groups is 1. The third kappa shape index (κ3) is 1.40. The number of pyridine rings is 1. The standard InChI is InChI=1S/C8H5BrN2O2S/c9-8-11-5-7(14(8,12)13)6-2-1-3-10-4-6/h1-5H. The van der Waals surface area contributed by atoms with Crippen LogP contribution in [0.4, 0.5) is 0 Å². The summed E-state index contributed by atoms with van der Waals surface area (Å²) < 4.78 is 23.2. The minimum atomic E-state index is -3.43. The first-order valence-corrected chi connectivity index (χ1v) is 5.99. The summed E-state index contributed by atoms with van der Waals surface area (Å²) in [6.45, 7) is 0. The van der Waals surface area contributed by atoms with Crippen LogP contribution in [0.15, 0.2) is 35.7 Å². The van der Waals surface area contributed by atoms with Crippen LogP contribution in [0.5, 0.6) is 0 Å². The number of hydrogen-bond acceptors (Lipinski definition) is 4. The molecule has 0 fully saturated rings. The Morgan fingerprint density at radius 1 is 1.36 bits per heavy atom. The molecule has 0 radical (unpaired) electrons. The second kappa shape index (κ2) is 3.29. The molecule has 2 rings (SSSR count). The molecule has 72 valence electrons. The van der Waals surface area contributed by atoms with Gasteiger partial charge >= 0.3 is 0 Å². The summed E-state index contributed by atoms with van der Waals surface area (Å²) >= 11 is 2.89. The van der Waals surface area contributed by atoms with E-state index in [1.54, 1.807) is 18.3 Å². The molecule has 0 bridgehead atoms. The highest BCUT2D eigenvalue weighted by Gasteiger charge is 2.28. The van der Waals surface area contributed by atoms with Gasteiger partial charge in [0.25, 0.3) is 0 Å². The third-order valence-corrected chi connectivity index (χ3v) is 4.69. The molecule has 4 nitrogen and oxygen atoms in total. The molecule has 6 heteroatoms. The molecule has 2 heterocycles. The van der Waals surface area contributed by atoms with Gasteiger partial charge in [0.2, 0.25) is 13.8 Å². The molecular formula is C8H5BrN2O2S. The fourth-order valence-corrected chi connectivity index (χ4v) is 2.70. The van der Waals surface area contributed by atoms with Crippen LogP contribution in [0.1, 0.15) is 5.56 Å². The van der Waals surface area contributed by atoms with E-state index in [0.717, 1.165) is 0 Å². The average Bonchev–Trinajstić information content (AvgIpc) is 2.44. The SMILES string of the molecule is O=S1(=O)C(c2cccnc2)=CN=C1Br. The lowest BCUT2D eigenvalue weighted by molar-refractivity contribution is 0.617. The normalized spacial score (nSPS) is 18.9. The molecule has 0 saturated heterocycles. The zero-order valence-electron chi connectivity index (χ0n) is 6.88. The van der Waals surface area contributed by atoms with Gasteiger partial charge in [-0.15, -0.1) is 0 Å². The minimum Gasteiger partial charge on any atom is -0.264 e. The van der Waals surface area contributed by atoms with E-state index in [9.17, 15) is 8.42 Å². The Labute approximate surface area is 89.4 Å². The van der Waals surface area contributed by atoms with E-state index >= 15 is 0 Å². The molecule has 0 aliphatic carbocycles. The highest BCUT2D eigenvalue weighted by molar-refractivity contribution is 9.22. The molecule has 0 aromatic carbocycles. The summed E-state index contributed by atoms with van der Waals surface area (Å²) in [5.74, 6) is 0. The maximum Gasteiger partial charge on any atom is 0.232 e. The Balaban J connectivity index is 2.53. The number of aromatic nitrogens is 1. The molecule has 0 unspecified atom stereocenters. The van der Waals surface area contributed by atoms with Gasteiger partial charge in [-0.3, -0.25) is 4.98 Å². The van der Waals surface area contributed by atoms with Crippen LogP contribution in [-0.4, -0.2) is 17.4 Å². The Morgan fingerprint density at radius 2 is 2.14 bits per heavy atom. The number of nitrogens with zero attached hydrogens (tertiary/aromatic N) is 2. The molecule has 1 aromatic heterocycles. The summed E-state index contributed by atoms with van der Waals surface area (Å²) in [5, 5.41) is 0. The van der Waals surface area contributed by atoms with E-state index in [1.807, 2.05) is 0 Å². The van der Waals surface area contributed by atoms with Crippen molar-refractivity contribution in [1.82, 2.24) is 4.98 Å². The molecule has 1 aromatic rings. The van der Waals surface area contributed by atoms with Crippen LogP contribution in [0.25, 0.3) is 4.91 Å². The maximum absolute atomic E-state index is 11.6. The summed E-state index contributed by atoms with van der Waals surface area (Å²) in [6, 6.07) is 3.36. The largest absolute Gasteiger partial charge is 0.264 e. The Hall–Kier alpha value is -1.01. The molecule has 0 atom stereocenters. The summed E-state index contributed by atoms with van der Waals surface area (Å²) in [5.41, 5.74) is 0.547. The van der Waals surface area contributed by atoms with E-state index in [4.69, 9.17) is 0 Å². The smallest absolute Gasteiger partial charge is 0.232 e. The lowest BCUT2D eigenvalue weighted by Gasteiger charge is -2.00. The van der Waals surface area contributed by atoms with Crippen LogP contribution >= 0.6 is 15.9 Å². The molecule has 0 N–H and O–H groups in total. The third-order valence-electron chi connectivity index (χ3n) is 1.74. The monoisotopic (exact) mass is 272 g/mol. The van der Waals surface area contributed by atoms with Gasteiger partial charge in [0, 0.05) is 24.2 Å². The molecule has 1 aliphatic heterocycles. The zero-order valence-corrected chi connectivity index (χ0v) is 9.29. The summed E-state index contributed by atoms with van der Waals surface area (Å²) in [4.78, 5) is 7.73. The Morgan fingerprint density at radius 3 is 2.64 bits per heavy atom. The van der Waals surface area contributed by atoms with Gasteiger partial charge in [0.15, 0.2) is 0 Å². The van der Waals surface area contributed by atoms with Crippen molar-refractivity contribution in [2.24, 2.45) is 4.99 Å². The van der Waals surface area contributed by atoms with E-state index < -0.39 is 9.84 Å². The highest BCUT2D eigenvalue weighted by Crippen LogP contribution is 2.28. The van der Waals surface area contributed by atoms with Crippen molar-refractivity contribution in [3.05, 3.63) is 36.3 Å². The molecule has 0 amide bonds. The lowest BCUT2D eigenvalue weighted by Crippen LogP contribution is -2.05. The predicted molar refractivity (Wildman–Crippen MR) is 57.5 cm³/mol. The zero-order chi connectivity index (χ0) is 10.2. The van der Waals surface area contributed by atoms with Crippen LogP contribution in [-0.2, 0) is 9.84 Å². The molecule has 1 aliphatic rings. The molecule has 14 heavy (non-hydrogen) atoms. The molecule has 0 saturated carbocycles. The van der Waals surface area contributed by atoms with Gasteiger partial charge in [0.1, 0.15) is 4.91 Å². The second-order valence-electron chi connectivity index (χ2n) is 2.62. The van der Waals surface area contributed by atoms with E-state index in [0.29, 0.717) is 5.56 Å².